The minimum Gasteiger partial charge on any atom is -0.409 e. The predicted molar refractivity (Wildman–Crippen MR) is 91.5 cm³/mol. The fraction of sp³-hybridized carbons (Fsp3) is 0.500. The van der Waals surface area contributed by atoms with Gasteiger partial charge >= 0.3 is 6.09 Å². The smallest absolute Gasteiger partial charge is 0.409 e. The number of aromatic amines is 1. The van der Waals surface area contributed by atoms with Crippen LogP contribution in [0.5, 0.6) is 5.75 Å². The summed E-state index contributed by atoms with van der Waals surface area (Å²) in [6.07, 6.45) is 3.65. The number of aromatic nitrogens is 1. The Bertz CT molecular complexity index is 758. The van der Waals surface area contributed by atoms with Gasteiger partial charge in [-0.25, -0.2) is 4.79 Å². The molecule has 0 saturated carbocycles. The van der Waals surface area contributed by atoms with Gasteiger partial charge in [-0.1, -0.05) is 6.07 Å². The first kappa shape index (κ1) is 15.5. The van der Waals surface area contributed by atoms with Gasteiger partial charge in [-0.15, -0.1) is 0 Å². The molecule has 1 aromatic heterocycles. The van der Waals surface area contributed by atoms with Crippen LogP contribution in [0, 0.1) is 0 Å². The van der Waals surface area contributed by atoms with Gasteiger partial charge in [0.05, 0.1) is 18.8 Å². The molecule has 24 heavy (non-hydrogen) atoms. The maximum Gasteiger partial charge on any atom is 0.415 e. The number of fused-ring (bicyclic) bond motifs is 1. The summed E-state index contributed by atoms with van der Waals surface area (Å²) in [5.74, 6) is 0.634. The molecule has 6 nitrogen and oxygen atoms in total. The Morgan fingerprint density at radius 3 is 2.88 bits per heavy atom. The zero-order chi connectivity index (χ0) is 16.7. The molecule has 0 unspecified atom stereocenters. The number of carbonyl (C=O) groups is 1. The Hall–Kier alpha value is -2.05. The molecule has 2 aromatic rings. The average Bonchev–Trinajstić information content (AvgIpc) is 2.86. The third-order valence-electron chi connectivity index (χ3n) is 5.11. The number of hydrogen-bond donors (Lipinski definition) is 1. The molecule has 2 fully saturated rings. The zero-order valence-electron chi connectivity index (χ0n) is 14.2. The molecule has 0 bridgehead atoms. The number of carbonyl (C=O) groups excluding carboxylic acids is 1. The minimum absolute atomic E-state index is 0.100. The van der Waals surface area contributed by atoms with Crippen molar-refractivity contribution >= 4 is 17.0 Å². The number of nitrogens with one attached hydrogen (secondary N) is 1. The standard InChI is InChI=1S/C18H23N3O3/c1-20(2)8-6-13-10-19-14-4-3-5-15(16(13)14)24-17(22)21-9-7-18(21)11-23-12-18/h3-5,10,19H,6-9,11-12H2,1-2H3. The molecule has 0 atom stereocenters. The lowest BCUT2D eigenvalue weighted by Gasteiger charge is -2.56. The van der Waals surface area contributed by atoms with Crippen molar-refractivity contribution < 1.29 is 14.3 Å². The lowest BCUT2D eigenvalue weighted by Crippen LogP contribution is -2.72. The van der Waals surface area contributed by atoms with E-state index in [1.54, 1.807) is 0 Å². The molecular weight excluding hydrogens is 306 g/mol. The summed E-state index contributed by atoms with van der Waals surface area (Å²) in [6.45, 7) is 2.95. The van der Waals surface area contributed by atoms with Crippen molar-refractivity contribution in [3.63, 3.8) is 0 Å². The molecule has 2 aliphatic heterocycles. The van der Waals surface area contributed by atoms with Crippen molar-refractivity contribution in [2.75, 3.05) is 40.4 Å². The summed E-state index contributed by atoms with van der Waals surface area (Å²) in [7, 11) is 4.11. The first-order chi connectivity index (χ1) is 11.6. The lowest BCUT2D eigenvalue weighted by atomic mass is 9.83. The molecule has 3 heterocycles. The Balaban J connectivity index is 1.57. The number of benzene rings is 1. The average molecular weight is 329 g/mol. The molecule has 4 rings (SSSR count). The lowest BCUT2D eigenvalue weighted by molar-refractivity contribution is -0.175. The van der Waals surface area contributed by atoms with Crippen LogP contribution in [0.15, 0.2) is 24.4 Å². The van der Waals surface area contributed by atoms with Gasteiger partial charge < -0.3 is 19.4 Å². The molecule has 6 heteroatoms. The van der Waals surface area contributed by atoms with E-state index < -0.39 is 0 Å². The second kappa shape index (κ2) is 5.79. The quantitative estimate of drug-likeness (QED) is 0.935. The summed E-state index contributed by atoms with van der Waals surface area (Å²) in [4.78, 5) is 19.8. The third-order valence-corrected chi connectivity index (χ3v) is 5.11. The largest absolute Gasteiger partial charge is 0.415 e. The summed E-state index contributed by atoms with van der Waals surface area (Å²) < 4.78 is 11.0. The van der Waals surface area contributed by atoms with Crippen molar-refractivity contribution in [2.45, 2.75) is 18.4 Å². The van der Waals surface area contributed by atoms with Crippen molar-refractivity contribution in [3.8, 4) is 5.75 Å². The molecule has 0 aliphatic carbocycles. The number of ether oxygens (including phenoxy) is 2. The fourth-order valence-corrected chi connectivity index (χ4v) is 3.46. The monoisotopic (exact) mass is 329 g/mol. The SMILES string of the molecule is CN(C)CCc1c[nH]c2cccc(OC(=O)N3CCC34COC4)c12. The van der Waals surface area contributed by atoms with Crippen LogP contribution >= 0.6 is 0 Å². The molecule has 128 valence electrons. The first-order valence-corrected chi connectivity index (χ1v) is 8.40. The van der Waals surface area contributed by atoms with Gasteiger partial charge in [0.2, 0.25) is 0 Å². The van der Waals surface area contributed by atoms with Crippen LogP contribution < -0.4 is 4.74 Å². The van der Waals surface area contributed by atoms with Gasteiger partial charge in [0.25, 0.3) is 0 Å². The summed E-state index contributed by atoms with van der Waals surface area (Å²) in [6, 6.07) is 5.79. The molecule has 1 spiro atoms. The minimum atomic E-state index is -0.267. The van der Waals surface area contributed by atoms with Crippen molar-refractivity contribution in [2.24, 2.45) is 0 Å². The molecule has 1 N–H and O–H groups in total. The van der Waals surface area contributed by atoms with Crippen LogP contribution in [-0.2, 0) is 11.2 Å². The van der Waals surface area contributed by atoms with Crippen LogP contribution in [-0.4, -0.2) is 66.8 Å². The topological polar surface area (TPSA) is 57.8 Å². The van der Waals surface area contributed by atoms with E-state index in [0.29, 0.717) is 19.0 Å². The maximum atomic E-state index is 12.6. The number of rotatable bonds is 4. The molecule has 0 radical (unpaired) electrons. The summed E-state index contributed by atoms with van der Waals surface area (Å²) in [5.41, 5.74) is 2.07. The highest BCUT2D eigenvalue weighted by Crippen LogP contribution is 2.38. The van der Waals surface area contributed by atoms with E-state index >= 15 is 0 Å². The van der Waals surface area contributed by atoms with E-state index in [4.69, 9.17) is 9.47 Å². The number of nitrogens with zero attached hydrogens (tertiary/aromatic N) is 2. The summed E-state index contributed by atoms with van der Waals surface area (Å²) >= 11 is 0. The van der Waals surface area contributed by atoms with Crippen LogP contribution in [0.1, 0.15) is 12.0 Å². The van der Waals surface area contributed by atoms with E-state index in [-0.39, 0.29) is 11.6 Å². The van der Waals surface area contributed by atoms with E-state index in [2.05, 4.69) is 24.0 Å². The molecule has 2 saturated heterocycles. The second-order valence-electron chi connectivity index (χ2n) is 7.03. The van der Waals surface area contributed by atoms with Crippen LogP contribution in [0.2, 0.25) is 0 Å². The Labute approximate surface area is 141 Å². The van der Waals surface area contributed by atoms with Crippen LogP contribution in [0.4, 0.5) is 4.79 Å². The predicted octanol–water partition coefficient (Wildman–Crippen LogP) is 2.25. The van der Waals surface area contributed by atoms with Gasteiger partial charge in [0.15, 0.2) is 0 Å². The summed E-state index contributed by atoms with van der Waals surface area (Å²) in [5, 5.41) is 1.01. The van der Waals surface area contributed by atoms with Crippen LogP contribution in [0.25, 0.3) is 10.9 Å². The Morgan fingerprint density at radius 1 is 1.42 bits per heavy atom. The molecule has 1 amide bonds. The Morgan fingerprint density at radius 2 is 2.25 bits per heavy atom. The van der Waals surface area contributed by atoms with Gasteiger partial charge in [-0.05, 0) is 44.6 Å². The molecule has 2 aliphatic rings. The van der Waals surface area contributed by atoms with E-state index in [0.717, 1.165) is 36.8 Å². The van der Waals surface area contributed by atoms with E-state index in [9.17, 15) is 4.79 Å². The van der Waals surface area contributed by atoms with E-state index in [1.165, 1.54) is 5.56 Å². The number of H-pyrrole nitrogens is 1. The maximum absolute atomic E-state index is 12.6. The molecular formula is C18H23N3O3. The number of likely N-dealkylation sites (N-methyl/N-ethyl adjacent to an activating group) is 1. The van der Waals surface area contributed by atoms with Crippen molar-refractivity contribution in [3.05, 3.63) is 30.0 Å². The highest BCUT2D eigenvalue weighted by molar-refractivity contribution is 5.91. The second-order valence-corrected chi connectivity index (χ2v) is 7.03. The van der Waals surface area contributed by atoms with Gasteiger partial charge in [0.1, 0.15) is 5.75 Å². The highest BCUT2D eigenvalue weighted by Gasteiger charge is 2.53. The molecule has 1 aromatic carbocycles. The highest BCUT2D eigenvalue weighted by atomic mass is 16.6. The number of amides is 1. The number of likely N-dealkylation sites (tertiary alicyclic amines) is 1. The zero-order valence-corrected chi connectivity index (χ0v) is 14.2. The van der Waals surface area contributed by atoms with Crippen molar-refractivity contribution in [1.29, 1.82) is 0 Å². The van der Waals surface area contributed by atoms with Gasteiger partial charge in [-0.2, -0.15) is 0 Å². The van der Waals surface area contributed by atoms with Gasteiger partial charge in [0, 0.05) is 30.2 Å². The van der Waals surface area contributed by atoms with E-state index in [1.807, 2.05) is 29.3 Å². The normalized spacial score (nSPS) is 18.7. The number of hydrogen-bond acceptors (Lipinski definition) is 4. The van der Waals surface area contributed by atoms with Crippen molar-refractivity contribution in [1.82, 2.24) is 14.8 Å². The van der Waals surface area contributed by atoms with Crippen LogP contribution in [0.3, 0.4) is 0 Å². The first-order valence-electron chi connectivity index (χ1n) is 8.40. The van der Waals surface area contributed by atoms with Gasteiger partial charge in [-0.3, -0.25) is 4.90 Å². The third kappa shape index (κ3) is 2.46. The Kier molecular flexibility index (Phi) is 3.73. The fourth-order valence-electron chi connectivity index (χ4n) is 3.46.